The van der Waals surface area contributed by atoms with Crippen LogP contribution >= 0.6 is 0 Å². The Kier molecular flexibility index (Phi) is 6.32. The van der Waals surface area contributed by atoms with E-state index in [9.17, 15) is 0 Å². The summed E-state index contributed by atoms with van der Waals surface area (Å²) in [5, 5.41) is 0. The molecule has 0 aliphatic carbocycles. The number of pyridine rings is 2. The molecule has 9 rings (SSSR count). The van der Waals surface area contributed by atoms with Gasteiger partial charge in [0.05, 0.1) is 0 Å². The van der Waals surface area contributed by atoms with Gasteiger partial charge in [-0.1, -0.05) is 97.1 Å². The molecule has 5 heteroatoms. The zero-order valence-electron chi connectivity index (χ0n) is 26.1. The van der Waals surface area contributed by atoms with E-state index in [0.717, 1.165) is 95.0 Å². The van der Waals surface area contributed by atoms with Gasteiger partial charge in [0.15, 0.2) is 0 Å². The molecule has 0 spiro atoms. The lowest BCUT2D eigenvalue weighted by Gasteiger charge is -2.36. The molecule has 0 bridgehead atoms. The van der Waals surface area contributed by atoms with E-state index in [1.165, 1.54) is 0 Å². The predicted molar refractivity (Wildman–Crippen MR) is 191 cm³/mol. The summed E-state index contributed by atoms with van der Waals surface area (Å²) in [4.78, 5) is 9.19. The molecule has 0 radical (unpaired) electrons. The van der Waals surface area contributed by atoms with Crippen molar-refractivity contribution in [2.24, 2.45) is 0 Å². The second-order valence-electron chi connectivity index (χ2n) is 12.4. The Morgan fingerprint density at radius 2 is 0.894 bits per heavy atom. The van der Waals surface area contributed by atoms with Gasteiger partial charge in [0.1, 0.15) is 23.0 Å². The van der Waals surface area contributed by atoms with Gasteiger partial charge in [-0.25, -0.2) is 0 Å². The van der Waals surface area contributed by atoms with Crippen LogP contribution < -0.4 is 25.9 Å². The number of benzene rings is 5. The highest BCUT2D eigenvalue weighted by atomic mass is 16.5. The van der Waals surface area contributed by atoms with Crippen LogP contribution in [-0.2, 0) is 0 Å². The Balaban J connectivity index is 1.41. The van der Waals surface area contributed by atoms with Crippen molar-refractivity contribution in [1.29, 1.82) is 0 Å². The maximum absolute atomic E-state index is 7.16. The van der Waals surface area contributed by atoms with Crippen LogP contribution in [0.1, 0.15) is 11.1 Å². The van der Waals surface area contributed by atoms with Gasteiger partial charge in [0.25, 0.3) is 6.71 Å². The average Bonchev–Trinajstić information content (AvgIpc) is 3.12. The molecular weight excluding hydrogens is 575 g/mol. The zero-order valence-corrected chi connectivity index (χ0v) is 26.1. The van der Waals surface area contributed by atoms with Gasteiger partial charge in [-0.15, -0.1) is 0 Å². The highest BCUT2D eigenvalue weighted by Gasteiger charge is 2.44. The van der Waals surface area contributed by atoms with E-state index in [-0.39, 0.29) is 6.71 Å². The third kappa shape index (κ3) is 4.46. The van der Waals surface area contributed by atoms with E-state index in [0.29, 0.717) is 0 Å². The molecule has 222 valence electrons. The van der Waals surface area contributed by atoms with Crippen molar-refractivity contribution in [3.63, 3.8) is 0 Å². The minimum absolute atomic E-state index is 0.130. The third-order valence-corrected chi connectivity index (χ3v) is 9.22. The highest BCUT2D eigenvalue weighted by Crippen LogP contribution is 2.48. The highest BCUT2D eigenvalue weighted by molar-refractivity contribution is 6.98. The predicted octanol–water partition coefficient (Wildman–Crippen LogP) is 8.49. The van der Waals surface area contributed by atoms with Crippen LogP contribution in [0, 0.1) is 13.8 Å². The number of hydrogen-bond donors (Lipinski definition) is 0. The van der Waals surface area contributed by atoms with Crippen molar-refractivity contribution in [2.75, 3.05) is 0 Å². The van der Waals surface area contributed by atoms with E-state index in [2.05, 4.69) is 127 Å². The monoisotopic (exact) mass is 604 g/mol. The van der Waals surface area contributed by atoms with Crippen LogP contribution in [-0.4, -0.2) is 16.7 Å². The Labute approximate surface area is 274 Å². The summed E-state index contributed by atoms with van der Waals surface area (Å²) >= 11 is 0. The molecule has 0 saturated carbocycles. The first-order valence-electron chi connectivity index (χ1n) is 15.9. The van der Waals surface area contributed by atoms with E-state index in [1.807, 2.05) is 36.9 Å². The Bertz CT molecular complexity index is 2180. The van der Waals surface area contributed by atoms with Crippen LogP contribution in [0.3, 0.4) is 0 Å². The van der Waals surface area contributed by atoms with Gasteiger partial charge in [-0.2, -0.15) is 0 Å². The lowest BCUT2D eigenvalue weighted by atomic mass is 9.34. The fraction of sp³-hybridized carbons (Fsp3) is 0.0476. The maximum atomic E-state index is 7.16. The molecule has 2 aliphatic rings. The summed E-state index contributed by atoms with van der Waals surface area (Å²) in [6.45, 7) is 4.01. The molecule has 47 heavy (non-hydrogen) atoms. The number of rotatable bonds is 4. The van der Waals surface area contributed by atoms with Crippen molar-refractivity contribution in [2.45, 2.75) is 13.8 Å². The van der Waals surface area contributed by atoms with Crippen LogP contribution in [0.15, 0.2) is 140 Å². The maximum Gasteiger partial charge on any atom is 0.260 e. The molecule has 7 aromatic rings. The van der Waals surface area contributed by atoms with E-state index in [4.69, 9.17) is 9.47 Å². The summed E-state index contributed by atoms with van der Waals surface area (Å²) in [6, 6.07) is 40.5. The van der Waals surface area contributed by atoms with Gasteiger partial charge >= 0.3 is 0 Å². The first-order chi connectivity index (χ1) is 23.1. The molecule has 0 N–H and O–H groups in total. The van der Waals surface area contributed by atoms with Crippen molar-refractivity contribution in [3.05, 3.63) is 151 Å². The number of aryl methyl sites for hydroxylation is 2. The number of aromatic nitrogens is 2. The van der Waals surface area contributed by atoms with Crippen molar-refractivity contribution >= 4 is 23.1 Å². The fourth-order valence-corrected chi connectivity index (χ4v) is 7.15. The molecule has 5 aromatic carbocycles. The quantitative estimate of drug-likeness (QED) is 0.189. The summed E-state index contributed by atoms with van der Waals surface area (Å²) < 4.78 is 14.3. The molecule has 4 heterocycles. The molecule has 0 amide bonds. The second-order valence-corrected chi connectivity index (χ2v) is 12.4. The number of para-hydroxylation sites is 2. The van der Waals surface area contributed by atoms with Crippen LogP contribution in [0.25, 0.3) is 44.5 Å². The largest absolute Gasteiger partial charge is 0.457 e. The number of hydrogen-bond acceptors (Lipinski definition) is 4. The van der Waals surface area contributed by atoms with E-state index < -0.39 is 0 Å². The van der Waals surface area contributed by atoms with E-state index in [1.54, 1.807) is 0 Å². The smallest absolute Gasteiger partial charge is 0.260 e. The Morgan fingerprint density at radius 3 is 1.34 bits per heavy atom. The normalized spacial score (nSPS) is 12.3. The molecule has 0 atom stereocenters. The van der Waals surface area contributed by atoms with E-state index >= 15 is 0 Å². The minimum atomic E-state index is -0.130. The molecule has 2 aliphatic heterocycles. The summed E-state index contributed by atoms with van der Waals surface area (Å²) in [5.74, 6) is 3.33. The number of fused-ring (bicyclic) bond motifs is 4. The van der Waals surface area contributed by atoms with Gasteiger partial charge in [0.2, 0.25) is 0 Å². The lowest BCUT2D eigenvalue weighted by Crippen LogP contribution is -2.57. The first kappa shape index (κ1) is 27.4. The second kappa shape index (κ2) is 10.9. The fourth-order valence-electron chi connectivity index (χ4n) is 7.15. The SMILES string of the molecule is Cc1cncc(-c2cc(-c3cncc(C)c3)c3c4c2Oc2c(cccc2-c2ccccc2)B4c2cccc(-c4ccccc4)c2O3)c1. The summed E-state index contributed by atoms with van der Waals surface area (Å²) in [6.07, 6.45) is 7.61. The molecule has 2 aromatic heterocycles. The summed E-state index contributed by atoms with van der Waals surface area (Å²) in [7, 11) is 0. The van der Waals surface area contributed by atoms with Gasteiger partial charge in [0, 0.05) is 63.6 Å². The topological polar surface area (TPSA) is 44.2 Å². The Morgan fingerprint density at radius 1 is 0.426 bits per heavy atom. The van der Waals surface area contributed by atoms with Crippen molar-refractivity contribution in [1.82, 2.24) is 9.97 Å². The number of nitrogens with zero attached hydrogens (tertiary/aromatic N) is 2. The third-order valence-electron chi connectivity index (χ3n) is 9.22. The molecule has 0 unspecified atom stereocenters. The Hall–Kier alpha value is -5.94. The molecule has 0 fully saturated rings. The van der Waals surface area contributed by atoms with Crippen molar-refractivity contribution in [3.8, 4) is 67.5 Å². The van der Waals surface area contributed by atoms with Gasteiger partial charge in [-0.05, 0) is 65.2 Å². The molecular formula is C42H29BN2O2. The van der Waals surface area contributed by atoms with Gasteiger partial charge in [-0.3, -0.25) is 9.97 Å². The lowest BCUT2D eigenvalue weighted by molar-refractivity contribution is 0.468. The van der Waals surface area contributed by atoms with Crippen LogP contribution in [0.4, 0.5) is 0 Å². The van der Waals surface area contributed by atoms with Crippen LogP contribution in [0.5, 0.6) is 23.0 Å². The first-order valence-corrected chi connectivity index (χ1v) is 15.9. The van der Waals surface area contributed by atoms with Crippen molar-refractivity contribution < 1.29 is 9.47 Å². The van der Waals surface area contributed by atoms with Crippen LogP contribution in [0.2, 0.25) is 0 Å². The summed E-state index contributed by atoms with van der Waals surface area (Å²) in [5.41, 5.74) is 13.7. The molecule has 0 saturated heterocycles. The standard InChI is InChI=1S/C42H29BN2O2/c1-26-19-30(24-44-22-26)34-21-35(31-20-27(2)23-45-25-31)42-38-41(34)46-39-32(28-11-5-3-6-12-28)15-9-17-36(39)43(38)37-18-10-16-33(40(37)47-42)29-13-7-4-8-14-29/h3-25H,1-2H3. The average molecular weight is 605 g/mol. The zero-order chi connectivity index (χ0) is 31.5. The van der Waals surface area contributed by atoms with Gasteiger partial charge < -0.3 is 9.47 Å². The minimum Gasteiger partial charge on any atom is -0.457 e. The molecule has 4 nitrogen and oxygen atoms in total. The number of ether oxygens (including phenoxy) is 2.